The van der Waals surface area contributed by atoms with E-state index < -0.39 is 0 Å². The summed E-state index contributed by atoms with van der Waals surface area (Å²) in [5.41, 5.74) is 1.35. The molecule has 30 heavy (non-hydrogen) atoms. The van der Waals surface area contributed by atoms with Gasteiger partial charge in [0, 0.05) is 17.5 Å². The number of aromatic nitrogens is 1. The number of carbonyl (C=O) groups is 1. The van der Waals surface area contributed by atoms with E-state index in [1.54, 1.807) is 38.6 Å². The minimum Gasteiger partial charge on any atom is -0.497 e. The van der Waals surface area contributed by atoms with Crippen LogP contribution < -0.4 is 19.5 Å². The summed E-state index contributed by atoms with van der Waals surface area (Å²) >= 11 is 0. The molecule has 0 aliphatic carbocycles. The van der Waals surface area contributed by atoms with Gasteiger partial charge in [0.15, 0.2) is 5.76 Å². The van der Waals surface area contributed by atoms with Crippen molar-refractivity contribution in [3.63, 3.8) is 0 Å². The Bertz CT molecular complexity index is 1190. The predicted molar refractivity (Wildman–Crippen MR) is 112 cm³/mol. The summed E-state index contributed by atoms with van der Waals surface area (Å²) in [5.74, 6) is 2.44. The highest BCUT2D eigenvalue weighted by Crippen LogP contribution is 2.23. The smallest absolute Gasteiger partial charge is 0.291 e. The molecule has 2 heterocycles. The molecule has 1 N–H and O–H groups in total. The Labute approximate surface area is 173 Å². The summed E-state index contributed by atoms with van der Waals surface area (Å²) in [5, 5.41) is 3.69. The van der Waals surface area contributed by atoms with Gasteiger partial charge in [0.1, 0.15) is 29.6 Å². The van der Waals surface area contributed by atoms with Crippen LogP contribution in [0.5, 0.6) is 17.2 Å². The molecule has 2 aromatic carbocycles. The van der Waals surface area contributed by atoms with Crippen LogP contribution >= 0.6 is 0 Å². The number of benzene rings is 2. The molecule has 4 aromatic rings. The van der Waals surface area contributed by atoms with Crippen molar-refractivity contribution in [2.45, 2.75) is 6.61 Å². The molecular formula is C23H20N2O5. The lowest BCUT2D eigenvalue weighted by Gasteiger charge is -2.07. The monoisotopic (exact) mass is 404 g/mol. The zero-order chi connectivity index (χ0) is 20.9. The SMILES string of the molecule is COc1cccc(OCc2ccc(C(=O)Nc3cnc4cc(OC)ccc4c3)o2)c1. The molecule has 1 amide bonds. The number of rotatable bonds is 7. The minimum atomic E-state index is -0.364. The van der Waals surface area contributed by atoms with Crippen molar-refractivity contribution < 1.29 is 23.4 Å². The number of fused-ring (bicyclic) bond motifs is 1. The van der Waals surface area contributed by atoms with E-state index in [0.29, 0.717) is 22.9 Å². The molecule has 0 fully saturated rings. The molecule has 0 bridgehead atoms. The second-order valence-corrected chi connectivity index (χ2v) is 6.47. The fraction of sp³-hybridized carbons (Fsp3) is 0.130. The van der Waals surface area contributed by atoms with Gasteiger partial charge in [0.25, 0.3) is 5.91 Å². The van der Waals surface area contributed by atoms with E-state index in [-0.39, 0.29) is 18.3 Å². The molecule has 0 saturated carbocycles. The highest BCUT2D eigenvalue weighted by Gasteiger charge is 2.13. The molecule has 0 aliphatic rings. The molecule has 7 heteroatoms. The van der Waals surface area contributed by atoms with Crippen molar-refractivity contribution in [2.75, 3.05) is 19.5 Å². The van der Waals surface area contributed by atoms with Gasteiger partial charge >= 0.3 is 0 Å². The van der Waals surface area contributed by atoms with Crippen molar-refractivity contribution in [2.24, 2.45) is 0 Å². The number of furan rings is 1. The summed E-state index contributed by atoms with van der Waals surface area (Å²) in [6.45, 7) is 0.194. The van der Waals surface area contributed by atoms with Crippen molar-refractivity contribution in [1.29, 1.82) is 0 Å². The van der Waals surface area contributed by atoms with Crippen LogP contribution in [0.15, 0.2) is 71.3 Å². The van der Waals surface area contributed by atoms with Crippen molar-refractivity contribution in [1.82, 2.24) is 4.98 Å². The Morgan fingerprint density at radius 3 is 2.60 bits per heavy atom. The molecule has 4 rings (SSSR count). The van der Waals surface area contributed by atoms with Crippen LogP contribution in [-0.2, 0) is 6.61 Å². The minimum absolute atomic E-state index is 0.189. The van der Waals surface area contributed by atoms with Crippen molar-refractivity contribution in [3.05, 3.63) is 78.4 Å². The second-order valence-electron chi connectivity index (χ2n) is 6.47. The number of hydrogen-bond acceptors (Lipinski definition) is 6. The number of amides is 1. The van der Waals surface area contributed by atoms with Crippen LogP contribution in [0.25, 0.3) is 10.9 Å². The maximum atomic E-state index is 12.5. The third-order valence-corrected chi connectivity index (χ3v) is 4.46. The van der Waals surface area contributed by atoms with E-state index in [0.717, 1.165) is 16.7 Å². The zero-order valence-corrected chi connectivity index (χ0v) is 16.5. The summed E-state index contributed by atoms with van der Waals surface area (Å²) in [7, 11) is 3.20. The third kappa shape index (κ3) is 4.35. The maximum Gasteiger partial charge on any atom is 0.291 e. The van der Waals surface area contributed by atoms with E-state index in [9.17, 15) is 4.79 Å². The fourth-order valence-electron chi connectivity index (χ4n) is 2.91. The van der Waals surface area contributed by atoms with E-state index in [1.165, 1.54) is 0 Å². The topological polar surface area (TPSA) is 82.8 Å². The van der Waals surface area contributed by atoms with E-state index in [1.807, 2.05) is 42.5 Å². The number of anilines is 1. The standard InChI is InChI=1S/C23H20N2O5/c1-27-17-4-3-5-19(11-17)29-14-20-8-9-22(30-20)23(26)25-16-10-15-6-7-18(28-2)12-21(15)24-13-16/h3-13H,14H2,1-2H3,(H,25,26). The lowest BCUT2D eigenvalue weighted by Crippen LogP contribution is -2.11. The molecular weight excluding hydrogens is 384 g/mol. The molecule has 0 saturated heterocycles. The highest BCUT2D eigenvalue weighted by atomic mass is 16.5. The van der Waals surface area contributed by atoms with Gasteiger partial charge < -0.3 is 23.9 Å². The van der Waals surface area contributed by atoms with Gasteiger partial charge in [-0.3, -0.25) is 9.78 Å². The number of nitrogens with one attached hydrogen (secondary N) is 1. The van der Waals surface area contributed by atoms with Gasteiger partial charge in [0.05, 0.1) is 31.6 Å². The van der Waals surface area contributed by atoms with Gasteiger partial charge in [0.2, 0.25) is 0 Å². The Morgan fingerprint density at radius 2 is 1.77 bits per heavy atom. The molecule has 7 nitrogen and oxygen atoms in total. The van der Waals surface area contributed by atoms with Gasteiger partial charge in [-0.1, -0.05) is 6.07 Å². The number of ether oxygens (including phenoxy) is 3. The van der Waals surface area contributed by atoms with E-state index in [2.05, 4.69) is 10.3 Å². The third-order valence-electron chi connectivity index (χ3n) is 4.46. The molecule has 0 aliphatic heterocycles. The Balaban J connectivity index is 1.40. The van der Waals surface area contributed by atoms with Crippen LogP contribution in [0.1, 0.15) is 16.3 Å². The first-order chi connectivity index (χ1) is 14.6. The predicted octanol–water partition coefficient (Wildman–Crippen LogP) is 4.68. The normalized spacial score (nSPS) is 10.6. The van der Waals surface area contributed by atoms with Crippen molar-refractivity contribution in [3.8, 4) is 17.2 Å². The number of hydrogen-bond donors (Lipinski definition) is 1. The summed E-state index contributed by atoms with van der Waals surface area (Å²) in [4.78, 5) is 16.9. The van der Waals surface area contributed by atoms with E-state index >= 15 is 0 Å². The van der Waals surface area contributed by atoms with E-state index in [4.69, 9.17) is 18.6 Å². The number of methoxy groups -OCH3 is 2. The summed E-state index contributed by atoms with van der Waals surface area (Å²) < 4.78 is 21.7. The Kier molecular flexibility index (Phi) is 5.52. The number of nitrogens with zero attached hydrogens (tertiary/aromatic N) is 1. The Hall–Kier alpha value is -4.00. The molecule has 0 radical (unpaired) electrons. The van der Waals surface area contributed by atoms with Crippen LogP contribution in [0.4, 0.5) is 5.69 Å². The summed E-state index contributed by atoms with van der Waals surface area (Å²) in [6, 6.07) is 18.0. The Morgan fingerprint density at radius 1 is 0.967 bits per heavy atom. The molecule has 152 valence electrons. The maximum absolute atomic E-state index is 12.5. The molecule has 2 aromatic heterocycles. The van der Waals surface area contributed by atoms with Gasteiger partial charge in [-0.05, 0) is 42.5 Å². The first kappa shape index (κ1) is 19.3. The van der Waals surface area contributed by atoms with Crippen molar-refractivity contribution >= 4 is 22.5 Å². The molecule has 0 unspecified atom stereocenters. The molecule has 0 spiro atoms. The second kappa shape index (κ2) is 8.57. The average Bonchev–Trinajstić information content (AvgIpc) is 3.27. The largest absolute Gasteiger partial charge is 0.497 e. The van der Waals surface area contributed by atoms with Crippen LogP contribution in [0.3, 0.4) is 0 Å². The van der Waals surface area contributed by atoms with Gasteiger partial charge in [-0.2, -0.15) is 0 Å². The lowest BCUT2D eigenvalue weighted by atomic mass is 10.2. The molecule has 0 atom stereocenters. The van der Waals surface area contributed by atoms with Gasteiger partial charge in [-0.25, -0.2) is 0 Å². The van der Waals surface area contributed by atoms with Crippen LogP contribution in [-0.4, -0.2) is 25.1 Å². The first-order valence-corrected chi connectivity index (χ1v) is 9.25. The zero-order valence-electron chi connectivity index (χ0n) is 16.5. The van der Waals surface area contributed by atoms with Gasteiger partial charge in [-0.15, -0.1) is 0 Å². The van der Waals surface area contributed by atoms with Crippen LogP contribution in [0.2, 0.25) is 0 Å². The van der Waals surface area contributed by atoms with Crippen LogP contribution in [0, 0.1) is 0 Å². The number of carbonyl (C=O) groups excluding carboxylic acids is 1. The first-order valence-electron chi connectivity index (χ1n) is 9.25. The highest BCUT2D eigenvalue weighted by molar-refractivity contribution is 6.03. The average molecular weight is 404 g/mol. The number of pyridine rings is 1. The fourth-order valence-corrected chi connectivity index (χ4v) is 2.91. The summed E-state index contributed by atoms with van der Waals surface area (Å²) in [6.07, 6.45) is 1.59. The lowest BCUT2D eigenvalue weighted by molar-refractivity contribution is 0.0992. The quantitative estimate of drug-likeness (QED) is 0.482.